The first kappa shape index (κ1) is 48.9. The maximum absolute atomic E-state index is 14.5. The van der Waals surface area contributed by atoms with Crippen LogP contribution in [-0.4, -0.2) is 60.4 Å². The number of hydrogen-bond acceptors (Lipinski definition) is 9. The number of esters is 3. The molecule has 0 atom stereocenters. The van der Waals surface area contributed by atoms with Gasteiger partial charge in [-0.1, -0.05) is 102 Å². The largest absolute Gasteiger partial charge is 0.465 e. The molecule has 12 nitrogen and oxygen atoms in total. The minimum absolute atomic E-state index is 0.0199. The van der Waals surface area contributed by atoms with Crippen molar-refractivity contribution in [3.8, 4) is 11.1 Å². The van der Waals surface area contributed by atoms with E-state index in [1.54, 1.807) is 19.9 Å². The smallest absolute Gasteiger partial charge is 0.342 e. The third-order valence-corrected chi connectivity index (χ3v) is 12.7. The molecule has 0 bridgehead atoms. The maximum Gasteiger partial charge on any atom is 0.342 e. The molecule has 0 aliphatic carbocycles. The van der Waals surface area contributed by atoms with Gasteiger partial charge in [-0.3, -0.25) is 14.4 Å². The van der Waals surface area contributed by atoms with Gasteiger partial charge < -0.3 is 29.8 Å². The van der Waals surface area contributed by atoms with Crippen molar-refractivity contribution in [2.45, 2.75) is 121 Å². The summed E-state index contributed by atoms with van der Waals surface area (Å²) >= 11 is 0. The number of amidine groups is 1. The summed E-state index contributed by atoms with van der Waals surface area (Å²) in [5.41, 5.74) is 0.923. The van der Waals surface area contributed by atoms with Gasteiger partial charge in [-0.15, -0.1) is 0 Å². The SMILES string of the molecule is CCOC(=O)C1=C(c2ccccc2)C(=Cc2[nH]c(NC(=O)C(CC)(CC)CC)c(C(=O)OCC)c2-c2ccccc2)N=C1NC(=O)C(CC)(CC)CCCOC(=O)C(C)(C)CC. The first-order valence-electron chi connectivity index (χ1n) is 22.2. The predicted octanol–water partition coefficient (Wildman–Crippen LogP) is 10.5. The van der Waals surface area contributed by atoms with Crippen LogP contribution in [0.3, 0.4) is 0 Å². The second-order valence-electron chi connectivity index (χ2n) is 16.3. The number of carbonyl (C=O) groups is 5. The van der Waals surface area contributed by atoms with E-state index in [4.69, 9.17) is 19.2 Å². The van der Waals surface area contributed by atoms with Crippen LogP contribution < -0.4 is 10.6 Å². The highest BCUT2D eigenvalue weighted by Crippen LogP contribution is 2.42. The fraction of sp³-hybridized carbons (Fsp3) is 0.480. The van der Waals surface area contributed by atoms with Gasteiger partial charge in [0.1, 0.15) is 22.8 Å². The molecule has 2 heterocycles. The minimum Gasteiger partial charge on any atom is -0.465 e. The molecule has 0 saturated carbocycles. The maximum atomic E-state index is 14.5. The molecule has 3 N–H and O–H groups in total. The number of aromatic amines is 1. The van der Waals surface area contributed by atoms with Gasteiger partial charge in [0.05, 0.1) is 36.6 Å². The Morgan fingerprint density at radius 2 is 1.19 bits per heavy atom. The summed E-state index contributed by atoms with van der Waals surface area (Å²) in [6, 6.07) is 18.5. The second kappa shape index (κ2) is 21.8. The number of rotatable bonds is 21. The van der Waals surface area contributed by atoms with E-state index in [1.807, 2.05) is 116 Å². The Hall–Kier alpha value is -5.78. The van der Waals surface area contributed by atoms with Crippen LogP contribution in [0.1, 0.15) is 142 Å². The monoisotopic (exact) mass is 850 g/mol. The van der Waals surface area contributed by atoms with Crippen LogP contribution in [0.4, 0.5) is 5.82 Å². The van der Waals surface area contributed by atoms with Crippen LogP contribution in [0, 0.1) is 16.2 Å². The average molecular weight is 851 g/mol. The van der Waals surface area contributed by atoms with Crippen LogP contribution in [0.5, 0.6) is 0 Å². The molecule has 12 heteroatoms. The van der Waals surface area contributed by atoms with Crippen LogP contribution >= 0.6 is 0 Å². The van der Waals surface area contributed by atoms with E-state index in [1.165, 1.54) is 0 Å². The molecular formula is C50H66N4O8. The van der Waals surface area contributed by atoms with E-state index in [0.717, 1.165) is 0 Å². The molecule has 0 radical (unpaired) electrons. The molecule has 62 heavy (non-hydrogen) atoms. The summed E-state index contributed by atoms with van der Waals surface area (Å²) in [7, 11) is 0. The fourth-order valence-electron chi connectivity index (χ4n) is 7.81. The van der Waals surface area contributed by atoms with Crippen molar-refractivity contribution in [3.63, 3.8) is 0 Å². The predicted molar refractivity (Wildman–Crippen MR) is 245 cm³/mol. The van der Waals surface area contributed by atoms with Gasteiger partial charge in [-0.25, -0.2) is 14.6 Å². The fourth-order valence-corrected chi connectivity index (χ4v) is 7.81. The number of aliphatic imine (C=N–C) groups is 1. The average Bonchev–Trinajstić information content (AvgIpc) is 3.82. The third kappa shape index (κ3) is 10.6. The Labute approximate surface area is 367 Å². The Balaban J connectivity index is 1.95. The highest BCUT2D eigenvalue weighted by Gasteiger charge is 2.40. The van der Waals surface area contributed by atoms with E-state index in [-0.39, 0.29) is 60.4 Å². The Bertz CT molecular complexity index is 2150. The standard InChI is InChI=1S/C50H66N4O8/c1-11-48(9,10)47(59)62-31-25-30-50(15-5,16-6)46(58)54-42-40(44(56)61-18-8)38(34-28-23-20-24-29-34)36(52-42)32-35-37(33-26-21-19-22-27-33)39(43(55)60-17-7)41(51-35)53-45(57)49(12-2,13-3)14-4/h19-24,26-29,32,51H,11-18,25,30-31H2,1-10H3,(H,53,57)(H,52,54,58). The van der Waals surface area contributed by atoms with Crippen molar-refractivity contribution in [1.29, 1.82) is 0 Å². The number of anilines is 1. The quantitative estimate of drug-likeness (QED) is 0.0541. The van der Waals surface area contributed by atoms with E-state index in [0.29, 0.717) is 85.0 Å². The lowest BCUT2D eigenvalue weighted by molar-refractivity contribution is -0.154. The highest BCUT2D eigenvalue weighted by atomic mass is 16.5. The lowest BCUT2D eigenvalue weighted by atomic mass is 9.77. The lowest BCUT2D eigenvalue weighted by Gasteiger charge is -2.30. The Kier molecular flexibility index (Phi) is 17.2. The molecule has 4 rings (SSSR count). The van der Waals surface area contributed by atoms with Crippen molar-refractivity contribution >= 4 is 53.0 Å². The number of H-pyrrole nitrogens is 1. The first-order valence-corrected chi connectivity index (χ1v) is 22.2. The van der Waals surface area contributed by atoms with Crippen LogP contribution in [0.25, 0.3) is 22.8 Å². The molecule has 3 aromatic rings. The summed E-state index contributed by atoms with van der Waals surface area (Å²) in [5.74, 6) is -1.96. The molecule has 2 amide bonds. The number of amides is 2. The molecule has 1 aliphatic heterocycles. The van der Waals surface area contributed by atoms with Crippen molar-refractivity contribution in [3.05, 3.63) is 88.8 Å². The van der Waals surface area contributed by atoms with Crippen molar-refractivity contribution < 1.29 is 38.2 Å². The van der Waals surface area contributed by atoms with E-state index in [9.17, 15) is 24.0 Å². The van der Waals surface area contributed by atoms with Crippen molar-refractivity contribution in [2.75, 3.05) is 25.1 Å². The summed E-state index contributed by atoms with van der Waals surface area (Å²) in [6.45, 7) is 19.2. The van der Waals surface area contributed by atoms with Gasteiger partial charge in [0, 0.05) is 22.0 Å². The molecule has 0 fully saturated rings. The van der Waals surface area contributed by atoms with Gasteiger partial charge in [-0.05, 0) is 96.3 Å². The van der Waals surface area contributed by atoms with Crippen LogP contribution in [0.2, 0.25) is 0 Å². The first-order chi connectivity index (χ1) is 29.7. The summed E-state index contributed by atoms with van der Waals surface area (Å²) in [6.07, 6.45) is 5.98. The molecule has 2 aromatic carbocycles. The number of carbonyl (C=O) groups excluding carboxylic acids is 5. The minimum atomic E-state index is -0.874. The zero-order chi connectivity index (χ0) is 45.7. The van der Waals surface area contributed by atoms with Gasteiger partial charge in [0.25, 0.3) is 0 Å². The van der Waals surface area contributed by atoms with E-state index >= 15 is 0 Å². The number of ether oxygens (including phenoxy) is 3. The number of aromatic nitrogens is 1. The van der Waals surface area contributed by atoms with E-state index in [2.05, 4.69) is 15.6 Å². The number of benzene rings is 2. The Morgan fingerprint density at radius 1 is 0.661 bits per heavy atom. The summed E-state index contributed by atoms with van der Waals surface area (Å²) < 4.78 is 16.8. The number of hydrogen-bond donors (Lipinski definition) is 3. The highest BCUT2D eigenvalue weighted by molar-refractivity contribution is 6.31. The molecular weight excluding hydrogens is 785 g/mol. The van der Waals surface area contributed by atoms with Crippen molar-refractivity contribution in [2.24, 2.45) is 21.2 Å². The van der Waals surface area contributed by atoms with Crippen LogP contribution in [-0.2, 0) is 33.4 Å². The summed E-state index contributed by atoms with van der Waals surface area (Å²) in [4.78, 5) is 77.7. The van der Waals surface area contributed by atoms with Gasteiger partial charge in [-0.2, -0.15) is 0 Å². The summed E-state index contributed by atoms with van der Waals surface area (Å²) in [5, 5.41) is 6.09. The zero-order valence-electron chi connectivity index (χ0n) is 38.3. The van der Waals surface area contributed by atoms with E-state index < -0.39 is 28.2 Å². The molecule has 0 spiro atoms. The van der Waals surface area contributed by atoms with Crippen LogP contribution in [0.15, 0.2) is 76.9 Å². The molecule has 0 saturated heterocycles. The molecule has 0 unspecified atom stereocenters. The third-order valence-electron chi connectivity index (χ3n) is 12.7. The van der Waals surface area contributed by atoms with Crippen molar-refractivity contribution in [1.82, 2.24) is 10.3 Å². The topological polar surface area (TPSA) is 165 Å². The number of allylic oxidation sites excluding steroid dienone is 1. The number of nitrogens with zero attached hydrogens (tertiary/aromatic N) is 1. The lowest BCUT2D eigenvalue weighted by Crippen LogP contribution is -2.44. The van der Waals surface area contributed by atoms with Gasteiger partial charge in [0.2, 0.25) is 11.8 Å². The molecule has 334 valence electrons. The normalized spacial score (nSPS) is 13.8. The Morgan fingerprint density at radius 3 is 1.73 bits per heavy atom. The second-order valence-corrected chi connectivity index (χ2v) is 16.3. The zero-order valence-corrected chi connectivity index (χ0v) is 38.3. The van der Waals surface area contributed by atoms with Gasteiger partial charge >= 0.3 is 17.9 Å². The molecule has 1 aromatic heterocycles. The molecule has 1 aliphatic rings. The number of nitrogens with one attached hydrogen (secondary N) is 3. The van der Waals surface area contributed by atoms with Gasteiger partial charge in [0.15, 0.2) is 0 Å².